The normalized spacial score (nSPS) is 10.3. The van der Waals surface area contributed by atoms with E-state index in [1.165, 1.54) is 24.3 Å². The van der Waals surface area contributed by atoms with Gasteiger partial charge in [-0.2, -0.15) is 0 Å². The minimum Gasteiger partial charge on any atom is -0.744 e. The molecule has 2 rings (SSSR count). The van der Waals surface area contributed by atoms with E-state index in [0.717, 1.165) is 18.2 Å². The van der Waals surface area contributed by atoms with E-state index in [1.54, 1.807) is 24.3 Å². The summed E-state index contributed by atoms with van der Waals surface area (Å²) in [6.45, 7) is 3.64. The van der Waals surface area contributed by atoms with Gasteiger partial charge < -0.3 is 14.2 Å². The van der Waals surface area contributed by atoms with Crippen LogP contribution in [0.15, 0.2) is 58.3 Å². The van der Waals surface area contributed by atoms with E-state index in [0.29, 0.717) is 0 Å². The molecule has 0 aromatic heterocycles. The van der Waals surface area contributed by atoms with Crippen molar-refractivity contribution in [3.8, 4) is 0 Å². The fourth-order valence-electron chi connectivity index (χ4n) is 1.41. The molecule has 0 radical (unpaired) electrons. The molecule has 1 N–H and O–H groups in total. The number of aliphatic hydroxyl groups is 1. The van der Waals surface area contributed by atoms with Crippen LogP contribution in [0.2, 0.25) is 0 Å². The van der Waals surface area contributed by atoms with E-state index < -0.39 is 20.2 Å². The van der Waals surface area contributed by atoms with Crippen molar-refractivity contribution >= 4 is 20.2 Å². The van der Waals surface area contributed by atoms with Crippen molar-refractivity contribution in [2.24, 2.45) is 0 Å². The zero-order chi connectivity index (χ0) is 19.0. The van der Waals surface area contributed by atoms with Crippen molar-refractivity contribution in [1.82, 2.24) is 0 Å². The van der Waals surface area contributed by atoms with Crippen LogP contribution in [0.1, 0.15) is 11.1 Å². The number of aliphatic hydroxyl groups excluding tert-OH is 1. The summed E-state index contributed by atoms with van der Waals surface area (Å²) >= 11 is 0. The van der Waals surface area contributed by atoms with Crippen molar-refractivity contribution < 1.29 is 48.1 Å². The van der Waals surface area contributed by atoms with Crippen LogP contribution in [-0.2, 0) is 37.3 Å². The number of hydrogen-bond donors (Lipinski definition) is 1. The van der Waals surface area contributed by atoms with Gasteiger partial charge in [-0.05, 0) is 38.1 Å². The van der Waals surface area contributed by atoms with Gasteiger partial charge in [0.15, 0.2) is 0 Å². The molecule has 0 amide bonds. The molecule has 10 heteroatoms. The van der Waals surface area contributed by atoms with Crippen LogP contribution in [0.3, 0.4) is 0 Å². The molecule has 7 nitrogen and oxygen atoms in total. The average Bonchev–Trinajstić information content (AvgIpc) is 2.49. The van der Waals surface area contributed by atoms with Gasteiger partial charge in [-0.1, -0.05) is 35.4 Å². The molecule has 0 unspecified atom stereocenters. The molecule has 2 aromatic carbocycles. The Hall–Kier alpha value is -1.26. The topological polar surface area (TPSA) is 135 Å². The zero-order valence-electron chi connectivity index (χ0n) is 13.7. The Labute approximate surface area is 158 Å². The van der Waals surface area contributed by atoms with Gasteiger partial charge in [0.05, 0.1) is 9.79 Å². The third-order valence-corrected chi connectivity index (χ3v) is 4.32. The monoisotopic (exact) mass is 430 g/mol. The van der Waals surface area contributed by atoms with Crippen LogP contribution >= 0.6 is 0 Å². The SMILES string of the molecule is CO.Cc1ccc(S(=O)(=O)[O-])cc1.Cc1ccc(S(=O)(=O)[O-])cc1.[Fe+2]. The van der Waals surface area contributed by atoms with E-state index >= 15 is 0 Å². The Morgan fingerprint density at radius 3 is 1.00 bits per heavy atom. The van der Waals surface area contributed by atoms with Gasteiger partial charge in [-0.3, -0.25) is 0 Å². The second kappa shape index (κ2) is 11.4. The van der Waals surface area contributed by atoms with Crippen molar-refractivity contribution in [1.29, 1.82) is 0 Å². The van der Waals surface area contributed by atoms with Gasteiger partial charge in [0.25, 0.3) is 0 Å². The maximum atomic E-state index is 10.4. The van der Waals surface area contributed by atoms with Crippen LogP contribution in [0.25, 0.3) is 0 Å². The quantitative estimate of drug-likeness (QED) is 0.562. The third-order valence-electron chi connectivity index (χ3n) is 2.62. The standard InChI is InChI=1S/2C7H8O3S.CH4O.Fe/c2*1-6-2-4-7(5-3-6)11(8,9)10;1-2;/h2*2-5H,1H3,(H,8,9,10);2H,1H3;/q;;;+2/p-2. The third kappa shape index (κ3) is 10.4. The Bertz CT molecular complexity index is 755. The van der Waals surface area contributed by atoms with E-state index in [1.807, 2.05) is 13.8 Å². The summed E-state index contributed by atoms with van der Waals surface area (Å²) in [4.78, 5) is -0.355. The summed E-state index contributed by atoms with van der Waals surface area (Å²) in [5.41, 5.74) is 1.86. The number of benzene rings is 2. The van der Waals surface area contributed by atoms with Crippen molar-refractivity contribution in [2.45, 2.75) is 23.6 Å². The van der Waals surface area contributed by atoms with E-state index in [-0.39, 0.29) is 26.9 Å². The first-order valence-corrected chi connectivity index (χ1v) is 9.31. The van der Waals surface area contributed by atoms with Crippen molar-refractivity contribution in [3.63, 3.8) is 0 Å². The fraction of sp³-hybridized carbons (Fsp3) is 0.200. The van der Waals surface area contributed by atoms with Gasteiger partial charge in [-0.25, -0.2) is 16.8 Å². The minimum absolute atomic E-state index is 0. The molecule has 0 aliphatic rings. The van der Waals surface area contributed by atoms with Crippen LogP contribution in [0.4, 0.5) is 0 Å². The molecular weight excluding hydrogens is 412 g/mol. The van der Waals surface area contributed by atoms with Crippen LogP contribution in [0.5, 0.6) is 0 Å². The zero-order valence-corrected chi connectivity index (χ0v) is 16.4. The molecule has 0 aliphatic heterocycles. The molecule has 0 bridgehead atoms. The predicted molar refractivity (Wildman–Crippen MR) is 86.4 cm³/mol. The first-order valence-electron chi connectivity index (χ1n) is 6.50. The Morgan fingerprint density at radius 1 is 0.640 bits per heavy atom. The average molecular weight is 430 g/mol. The largest absolute Gasteiger partial charge is 2.00 e. The van der Waals surface area contributed by atoms with Gasteiger partial charge in [-0.15, -0.1) is 0 Å². The van der Waals surface area contributed by atoms with E-state index in [2.05, 4.69) is 0 Å². The number of hydrogen-bond acceptors (Lipinski definition) is 7. The van der Waals surface area contributed by atoms with Gasteiger partial charge in [0.1, 0.15) is 20.2 Å². The van der Waals surface area contributed by atoms with E-state index in [9.17, 15) is 25.9 Å². The second-order valence-electron chi connectivity index (χ2n) is 4.53. The Balaban J connectivity index is 0. The first-order chi connectivity index (χ1) is 11.0. The van der Waals surface area contributed by atoms with Gasteiger partial charge in [0, 0.05) is 7.11 Å². The smallest absolute Gasteiger partial charge is 0.744 e. The first kappa shape index (κ1) is 26.0. The molecule has 0 saturated carbocycles. The summed E-state index contributed by atoms with van der Waals surface area (Å²) in [6.07, 6.45) is 0. The molecule has 0 aliphatic carbocycles. The second-order valence-corrected chi connectivity index (χ2v) is 7.29. The van der Waals surface area contributed by atoms with Crippen LogP contribution in [0, 0.1) is 13.8 Å². The molecule has 0 atom stereocenters. The van der Waals surface area contributed by atoms with Crippen molar-refractivity contribution in [3.05, 3.63) is 59.7 Å². The predicted octanol–water partition coefficient (Wildman–Crippen LogP) is 1.40. The molecule has 25 heavy (non-hydrogen) atoms. The summed E-state index contributed by atoms with van der Waals surface area (Å²) in [5, 5.41) is 7.00. The fourth-order valence-corrected chi connectivity index (χ4v) is 2.35. The molecule has 140 valence electrons. The maximum absolute atomic E-state index is 10.4. The van der Waals surface area contributed by atoms with Crippen LogP contribution in [-0.4, -0.2) is 38.2 Å². The van der Waals surface area contributed by atoms with E-state index in [4.69, 9.17) is 5.11 Å². The minimum atomic E-state index is -4.27. The molecule has 0 spiro atoms. The Kier molecular flexibility index (Phi) is 11.8. The van der Waals surface area contributed by atoms with Gasteiger partial charge in [0.2, 0.25) is 0 Å². The number of rotatable bonds is 2. The molecule has 0 saturated heterocycles. The van der Waals surface area contributed by atoms with Crippen LogP contribution < -0.4 is 0 Å². The molecular formula is C15H18FeO7S2. The molecule has 0 heterocycles. The summed E-state index contributed by atoms with van der Waals surface area (Å²) in [7, 11) is -7.54. The molecule has 2 aromatic rings. The maximum Gasteiger partial charge on any atom is 2.00 e. The summed E-state index contributed by atoms with van der Waals surface area (Å²) in [6, 6.07) is 11.6. The summed E-state index contributed by atoms with van der Waals surface area (Å²) < 4.78 is 62.3. The summed E-state index contributed by atoms with van der Waals surface area (Å²) in [5.74, 6) is 0. The van der Waals surface area contributed by atoms with Crippen molar-refractivity contribution in [2.75, 3.05) is 7.11 Å². The molecule has 0 fully saturated rings. The number of aryl methyl sites for hydroxylation is 2. The Morgan fingerprint density at radius 2 is 0.840 bits per heavy atom. The van der Waals surface area contributed by atoms with Gasteiger partial charge >= 0.3 is 17.1 Å².